The van der Waals surface area contributed by atoms with Gasteiger partial charge in [-0.1, -0.05) is 23.7 Å². The predicted molar refractivity (Wildman–Crippen MR) is 72.6 cm³/mol. The Hall–Kier alpha value is -1.16. The lowest BCUT2D eigenvalue weighted by atomic mass is 10.1. The largest absolute Gasteiger partial charge is 0.416 e. The molecule has 0 aliphatic carbocycles. The lowest BCUT2D eigenvalue weighted by Gasteiger charge is -2.08. The van der Waals surface area contributed by atoms with Gasteiger partial charge in [-0.2, -0.15) is 13.2 Å². The fraction of sp³-hybridized carbons (Fsp3) is 0.182. The molecule has 0 atom stereocenters. The van der Waals surface area contributed by atoms with Gasteiger partial charge in [-0.15, -0.1) is 11.3 Å². The normalized spacial score (nSPS) is 12.6. The van der Waals surface area contributed by atoms with E-state index in [9.17, 15) is 21.6 Å². The van der Waals surface area contributed by atoms with Crippen molar-refractivity contribution in [3.05, 3.63) is 45.9 Å². The quantitative estimate of drug-likeness (QED) is 0.914. The van der Waals surface area contributed by atoms with Crippen LogP contribution in [-0.4, -0.2) is 13.4 Å². The van der Waals surface area contributed by atoms with Crippen LogP contribution in [0.1, 0.15) is 11.1 Å². The molecule has 0 radical (unpaired) electrons. The van der Waals surface area contributed by atoms with Gasteiger partial charge in [0, 0.05) is 11.9 Å². The Labute approximate surface area is 127 Å². The first-order valence-electron chi connectivity index (χ1n) is 5.45. The Morgan fingerprint density at radius 2 is 1.86 bits per heavy atom. The molecule has 1 aromatic carbocycles. The summed E-state index contributed by atoms with van der Waals surface area (Å²) < 4.78 is 62.9. The molecule has 0 aliphatic heterocycles. The van der Waals surface area contributed by atoms with Crippen LogP contribution in [0, 0.1) is 0 Å². The zero-order chi connectivity index (χ0) is 15.7. The molecule has 1 N–H and O–H groups in total. The summed E-state index contributed by atoms with van der Waals surface area (Å²) in [6.07, 6.45) is -4.42. The van der Waals surface area contributed by atoms with E-state index in [1.54, 1.807) is 0 Å². The number of sulfonamides is 1. The summed E-state index contributed by atoms with van der Waals surface area (Å²) in [4.78, 5) is 3.63. The van der Waals surface area contributed by atoms with E-state index >= 15 is 0 Å². The van der Waals surface area contributed by atoms with Gasteiger partial charge in [-0.25, -0.2) is 18.1 Å². The number of nitrogens with one attached hydrogen (secondary N) is 1. The maximum Gasteiger partial charge on any atom is 0.416 e. The van der Waals surface area contributed by atoms with Crippen molar-refractivity contribution < 1.29 is 21.6 Å². The van der Waals surface area contributed by atoms with Crippen molar-refractivity contribution in [2.75, 3.05) is 0 Å². The molecule has 114 valence electrons. The Balaban J connectivity index is 2.06. The second kappa shape index (κ2) is 5.91. The van der Waals surface area contributed by atoms with Crippen LogP contribution in [0.15, 0.2) is 34.0 Å². The van der Waals surface area contributed by atoms with E-state index in [2.05, 4.69) is 9.71 Å². The van der Waals surface area contributed by atoms with E-state index in [1.165, 1.54) is 17.5 Å². The summed E-state index contributed by atoms with van der Waals surface area (Å²) in [6.45, 7) is -0.141. The van der Waals surface area contributed by atoms with E-state index in [4.69, 9.17) is 11.6 Å². The van der Waals surface area contributed by atoms with Crippen molar-refractivity contribution in [3.8, 4) is 0 Å². The molecule has 0 aliphatic rings. The Bertz CT molecular complexity index is 727. The van der Waals surface area contributed by atoms with E-state index in [1.807, 2.05) is 0 Å². The summed E-state index contributed by atoms with van der Waals surface area (Å²) >= 11 is 6.40. The second-order valence-corrected chi connectivity index (χ2v) is 7.14. The molecule has 0 unspecified atom stereocenters. The van der Waals surface area contributed by atoms with E-state index < -0.39 is 21.8 Å². The number of benzene rings is 1. The fourth-order valence-electron chi connectivity index (χ4n) is 1.41. The number of thiazole rings is 1. The molecule has 2 rings (SSSR count). The molecule has 0 saturated carbocycles. The third-order valence-corrected chi connectivity index (χ3v) is 5.41. The highest BCUT2D eigenvalue weighted by atomic mass is 35.5. The lowest BCUT2D eigenvalue weighted by molar-refractivity contribution is -0.137. The molecular formula is C11H8ClF3N2O2S2. The lowest BCUT2D eigenvalue weighted by Crippen LogP contribution is -2.23. The first-order valence-corrected chi connectivity index (χ1v) is 8.19. The summed E-state index contributed by atoms with van der Waals surface area (Å²) in [6, 6.07) is 4.20. The molecule has 1 aromatic heterocycles. The average molecular weight is 357 g/mol. The second-order valence-electron chi connectivity index (χ2n) is 3.96. The van der Waals surface area contributed by atoms with E-state index in [-0.39, 0.29) is 16.0 Å². The van der Waals surface area contributed by atoms with Gasteiger partial charge >= 0.3 is 6.18 Å². The SMILES string of the molecule is O=S(=O)(NCc1ccc(C(F)(F)F)cc1)c1nc(Cl)cs1. The van der Waals surface area contributed by atoms with Crippen LogP contribution in [0.3, 0.4) is 0 Å². The van der Waals surface area contributed by atoms with Gasteiger partial charge < -0.3 is 0 Å². The summed E-state index contributed by atoms with van der Waals surface area (Å²) in [5.74, 6) is 0. The summed E-state index contributed by atoms with van der Waals surface area (Å²) in [5.41, 5.74) is -0.393. The monoisotopic (exact) mass is 356 g/mol. The maximum absolute atomic E-state index is 12.4. The zero-order valence-corrected chi connectivity index (χ0v) is 12.6. The summed E-state index contributed by atoms with van der Waals surface area (Å²) in [7, 11) is -3.83. The standard InChI is InChI=1S/C11H8ClF3N2O2S2/c12-9-6-20-10(17-9)21(18,19)16-5-7-1-3-8(4-2-7)11(13,14)15/h1-4,6,16H,5H2. The number of nitrogens with zero attached hydrogens (tertiary/aromatic N) is 1. The third-order valence-electron chi connectivity index (χ3n) is 2.43. The van der Waals surface area contributed by atoms with Gasteiger partial charge in [0.05, 0.1) is 5.56 Å². The predicted octanol–water partition coefficient (Wildman–Crippen LogP) is 3.29. The van der Waals surface area contributed by atoms with Gasteiger partial charge in [-0.05, 0) is 17.7 Å². The first-order chi connectivity index (χ1) is 9.68. The number of alkyl halides is 3. The van der Waals surface area contributed by atoms with Gasteiger partial charge in [0.15, 0.2) is 0 Å². The molecule has 0 bridgehead atoms. The van der Waals surface area contributed by atoms with Crippen LogP contribution < -0.4 is 4.72 Å². The van der Waals surface area contributed by atoms with Crippen molar-refractivity contribution in [2.45, 2.75) is 17.1 Å². The van der Waals surface area contributed by atoms with Crippen molar-refractivity contribution in [3.63, 3.8) is 0 Å². The number of hydrogen-bond donors (Lipinski definition) is 1. The molecule has 0 fully saturated rings. The van der Waals surface area contributed by atoms with E-state index in [0.29, 0.717) is 5.56 Å². The average Bonchev–Trinajstić information content (AvgIpc) is 2.83. The van der Waals surface area contributed by atoms with Crippen LogP contribution in [0.4, 0.5) is 13.2 Å². The van der Waals surface area contributed by atoms with Crippen molar-refractivity contribution in [1.29, 1.82) is 0 Å². The maximum atomic E-state index is 12.4. The first kappa shape index (κ1) is 16.2. The highest BCUT2D eigenvalue weighted by Crippen LogP contribution is 2.29. The van der Waals surface area contributed by atoms with Crippen molar-refractivity contribution in [1.82, 2.24) is 9.71 Å². The molecule has 0 amide bonds. The van der Waals surface area contributed by atoms with E-state index in [0.717, 1.165) is 23.5 Å². The highest BCUT2D eigenvalue weighted by Gasteiger charge is 2.30. The smallest absolute Gasteiger partial charge is 0.212 e. The Kier molecular flexibility index (Phi) is 4.57. The van der Waals surface area contributed by atoms with Crippen LogP contribution in [0.2, 0.25) is 5.15 Å². The minimum Gasteiger partial charge on any atom is -0.212 e. The number of aromatic nitrogens is 1. The van der Waals surface area contributed by atoms with Gasteiger partial charge in [0.1, 0.15) is 5.15 Å². The number of rotatable bonds is 4. The molecule has 1 heterocycles. The number of halogens is 4. The third kappa shape index (κ3) is 4.16. The van der Waals surface area contributed by atoms with Crippen LogP contribution in [-0.2, 0) is 22.7 Å². The molecule has 21 heavy (non-hydrogen) atoms. The van der Waals surface area contributed by atoms with Crippen molar-refractivity contribution >= 4 is 33.0 Å². The Morgan fingerprint density at radius 1 is 1.24 bits per heavy atom. The van der Waals surface area contributed by atoms with Crippen LogP contribution in [0.25, 0.3) is 0 Å². The van der Waals surface area contributed by atoms with Gasteiger partial charge in [0.2, 0.25) is 4.34 Å². The van der Waals surface area contributed by atoms with Crippen LogP contribution >= 0.6 is 22.9 Å². The molecule has 4 nitrogen and oxygen atoms in total. The Morgan fingerprint density at radius 3 is 2.33 bits per heavy atom. The highest BCUT2D eigenvalue weighted by molar-refractivity contribution is 7.91. The van der Waals surface area contributed by atoms with Gasteiger partial charge in [0.25, 0.3) is 10.0 Å². The number of hydrogen-bond acceptors (Lipinski definition) is 4. The fourth-order valence-corrected chi connectivity index (χ4v) is 3.66. The molecule has 10 heteroatoms. The van der Waals surface area contributed by atoms with Crippen molar-refractivity contribution in [2.24, 2.45) is 0 Å². The molecule has 0 spiro atoms. The van der Waals surface area contributed by atoms with Crippen LogP contribution in [0.5, 0.6) is 0 Å². The summed E-state index contributed by atoms with van der Waals surface area (Å²) in [5, 5.41) is 1.43. The minimum absolute atomic E-state index is 0.0647. The minimum atomic E-state index is -4.42. The topological polar surface area (TPSA) is 59.1 Å². The zero-order valence-electron chi connectivity index (χ0n) is 10.2. The molecule has 2 aromatic rings. The molecule has 0 saturated heterocycles. The molecular weight excluding hydrogens is 349 g/mol. The van der Waals surface area contributed by atoms with Gasteiger partial charge in [-0.3, -0.25) is 0 Å².